The van der Waals surface area contributed by atoms with E-state index in [4.69, 9.17) is 0 Å². The molecule has 1 unspecified atom stereocenters. The SMILES string of the molecule is CCC[C@]1(C(=O)O)CN(S(=O)(=O)c2ccccc2C)CCC1O. The van der Waals surface area contributed by atoms with E-state index in [2.05, 4.69) is 0 Å². The number of sulfonamides is 1. The van der Waals surface area contributed by atoms with E-state index in [-0.39, 0.29) is 30.8 Å². The number of hydrogen-bond donors (Lipinski definition) is 2. The molecule has 0 saturated carbocycles. The Bertz CT molecular complexity index is 687. The van der Waals surface area contributed by atoms with Gasteiger partial charge in [-0.3, -0.25) is 4.79 Å². The molecule has 1 aliphatic rings. The van der Waals surface area contributed by atoms with Crippen molar-refractivity contribution in [2.45, 2.75) is 44.1 Å². The number of aliphatic hydroxyl groups excluding tert-OH is 1. The second-order valence-corrected chi connectivity index (χ2v) is 8.03. The van der Waals surface area contributed by atoms with E-state index < -0.39 is 27.5 Å². The maximum absolute atomic E-state index is 12.9. The molecular weight excluding hydrogens is 318 g/mol. The summed E-state index contributed by atoms with van der Waals surface area (Å²) >= 11 is 0. The highest BCUT2D eigenvalue weighted by Gasteiger charge is 2.51. The second-order valence-electron chi connectivity index (χ2n) is 6.12. The lowest BCUT2D eigenvalue weighted by Crippen LogP contribution is -2.57. The molecule has 1 fully saturated rings. The van der Waals surface area contributed by atoms with Gasteiger partial charge in [-0.2, -0.15) is 4.31 Å². The van der Waals surface area contributed by atoms with Crippen LogP contribution < -0.4 is 0 Å². The fraction of sp³-hybridized carbons (Fsp3) is 0.562. The van der Waals surface area contributed by atoms with Crippen molar-refractivity contribution in [2.75, 3.05) is 13.1 Å². The number of nitrogens with zero attached hydrogens (tertiary/aromatic N) is 1. The summed E-state index contributed by atoms with van der Waals surface area (Å²) in [4.78, 5) is 12.0. The van der Waals surface area contributed by atoms with Gasteiger partial charge in [0.2, 0.25) is 10.0 Å². The average Bonchev–Trinajstić information content (AvgIpc) is 2.49. The molecule has 0 aromatic heterocycles. The monoisotopic (exact) mass is 341 g/mol. The highest BCUT2D eigenvalue weighted by molar-refractivity contribution is 7.89. The average molecular weight is 341 g/mol. The molecule has 7 heteroatoms. The molecule has 0 radical (unpaired) electrons. The normalized spacial score (nSPS) is 26.1. The van der Waals surface area contributed by atoms with E-state index in [9.17, 15) is 23.4 Å². The van der Waals surface area contributed by atoms with Crippen molar-refractivity contribution < 1.29 is 23.4 Å². The van der Waals surface area contributed by atoms with Gasteiger partial charge in [-0.1, -0.05) is 31.5 Å². The number of benzene rings is 1. The number of carboxylic acid groups (broad SMARTS) is 1. The molecule has 1 saturated heterocycles. The first-order valence-electron chi connectivity index (χ1n) is 7.73. The maximum Gasteiger partial charge on any atom is 0.313 e. The number of piperidine rings is 1. The van der Waals surface area contributed by atoms with Crippen molar-refractivity contribution in [3.63, 3.8) is 0 Å². The summed E-state index contributed by atoms with van der Waals surface area (Å²) in [5.41, 5.74) is -0.821. The van der Waals surface area contributed by atoms with Gasteiger partial charge in [0.1, 0.15) is 5.41 Å². The minimum absolute atomic E-state index is 0.122. The second kappa shape index (κ2) is 6.59. The number of aliphatic carboxylic acids is 1. The van der Waals surface area contributed by atoms with Crippen LogP contribution in [0, 0.1) is 12.3 Å². The van der Waals surface area contributed by atoms with Gasteiger partial charge in [-0.05, 0) is 31.4 Å². The van der Waals surface area contributed by atoms with E-state index in [0.717, 1.165) is 0 Å². The van der Waals surface area contributed by atoms with Crippen LogP contribution in [0.15, 0.2) is 29.2 Å². The summed E-state index contributed by atoms with van der Waals surface area (Å²) in [7, 11) is -3.78. The molecule has 2 N–H and O–H groups in total. The number of hydrogen-bond acceptors (Lipinski definition) is 4. The van der Waals surface area contributed by atoms with Gasteiger partial charge in [-0.15, -0.1) is 0 Å². The van der Waals surface area contributed by atoms with Gasteiger partial charge in [0.15, 0.2) is 0 Å². The van der Waals surface area contributed by atoms with Gasteiger partial charge in [-0.25, -0.2) is 8.42 Å². The quantitative estimate of drug-likeness (QED) is 0.848. The van der Waals surface area contributed by atoms with Gasteiger partial charge >= 0.3 is 5.97 Å². The van der Waals surface area contributed by atoms with Crippen LogP contribution in [0.2, 0.25) is 0 Å². The third-order valence-corrected chi connectivity index (χ3v) is 6.59. The third-order valence-electron chi connectivity index (χ3n) is 4.58. The van der Waals surface area contributed by atoms with Crippen LogP contribution >= 0.6 is 0 Å². The minimum atomic E-state index is -3.78. The molecule has 1 heterocycles. The zero-order valence-corrected chi connectivity index (χ0v) is 14.2. The summed E-state index contributed by atoms with van der Waals surface area (Å²) in [6.45, 7) is 3.46. The zero-order chi connectivity index (χ0) is 17.3. The van der Waals surface area contributed by atoms with Crippen molar-refractivity contribution in [3.8, 4) is 0 Å². The van der Waals surface area contributed by atoms with Crippen LogP contribution in [0.25, 0.3) is 0 Å². The van der Waals surface area contributed by atoms with E-state index >= 15 is 0 Å². The van der Waals surface area contributed by atoms with Gasteiger partial charge in [0.05, 0.1) is 11.0 Å². The molecule has 2 atom stereocenters. The fourth-order valence-electron chi connectivity index (χ4n) is 3.24. The standard InChI is InChI=1S/C16H23NO5S/c1-3-9-16(15(19)20)11-17(10-8-14(16)18)23(21,22)13-7-5-4-6-12(13)2/h4-7,14,18H,3,8-11H2,1-2H3,(H,19,20)/t14?,16-/m0/s1. The van der Waals surface area contributed by atoms with Gasteiger partial charge in [0.25, 0.3) is 0 Å². The molecule has 6 nitrogen and oxygen atoms in total. The van der Waals surface area contributed by atoms with Crippen molar-refractivity contribution in [2.24, 2.45) is 5.41 Å². The number of carboxylic acids is 1. The number of aliphatic hydroxyl groups is 1. The largest absolute Gasteiger partial charge is 0.481 e. The lowest BCUT2D eigenvalue weighted by Gasteiger charge is -2.42. The summed E-state index contributed by atoms with van der Waals surface area (Å²) in [6.07, 6.45) is -0.120. The highest BCUT2D eigenvalue weighted by Crippen LogP contribution is 2.37. The molecule has 2 rings (SSSR count). The minimum Gasteiger partial charge on any atom is -0.481 e. The van der Waals surface area contributed by atoms with Gasteiger partial charge in [0, 0.05) is 13.1 Å². The van der Waals surface area contributed by atoms with Crippen LogP contribution in [-0.4, -0.2) is 48.1 Å². The molecule has 1 aromatic rings. The first kappa shape index (κ1) is 17.9. The molecule has 0 amide bonds. The summed E-state index contributed by atoms with van der Waals surface area (Å²) in [5.74, 6) is -1.14. The van der Waals surface area contributed by atoms with Crippen molar-refractivity contribution >= 4 is 16.0 Å². The number of carbonyl (C=O) groups is 1. The number of aryl methyl sites for hydroxylation is 1. The molecule has 23 heavy (non-hydrogen) atoms. The maximum atomic E-state index is 12.9. The molecule has 0 bridgehead atoms. The van der Waals surface area contributed by atoms with E-state index in [1.54, 1.807) is 25.1 Å². The van der Waals surface area contributed by atoms with Crippen LogP contribution in [0.4, 0.5) is 0 Å². The van der Waals surface area contributed by atoms with Crippen LogP contribution in [0.3, 0.4) is 0 Å². The summed E-state index contributed by atoms with van der Waals surface area (Å²) < 4.78 is 27.0. The first-order valence-corrected chi connectivity index (χ1v) is 9.17. The highest BCUT2D eigenvalue weighted by atomic mass is 32.2. The Balaban J connectivity index is 2.41. The number of rotatable bonds is 5. The van der Waals surface area contributed by atoms with Crippen molar-refractivity contribution in [1.29, 1.82) is 0 Å². The smallest absolute Gasteiger partial charge is 0.313 e. The topological polar surface area (TPSA) is 94.9 Å². The Kier molecular flexibility index (Phi) is 5.13. The van der Waals surface area contributed by atoms with E-state index in [0.29, 0.717) is 12.0 Å². The Morgan fingerprint density at radius 3 is 2.61 bits per heavy atom. The molecule has 1 aromatic carbocycles. The lowest BCUT2D eigenvalue weighted by molar-refractivity contribution is -0.161. The van der Waals surface area contributed by atoms with Crippen molar-refractivity contribution in [1.82, 2.24) is 4.31 Å². The van der Waals surface area contributed by atoms with Crippen molar-refractivity contribution in [3.05, 3.63) is 29.8 Å². The molecule has 0 spiro atoms. The Labute approximate surface area is 136 Å². The van der Waals surface area contributed by atoms with Crippen LogP contribution in [-0.2, 0) is 14.8 Å². The Morgan fingerprint density at radius 1 is 1.39 bits per heavy atom. The van der Waals surface area contributed by atoms with Crippen LogP contribution in [0.5, 0.6) is 0 Å². The zero-order valence-electron chi connectivity index (χ0n) is 13.4. The van der Waals surface area contributed by atoms with Gasteiger partial charge < -0.3 is 10.2 Å². The predicted molar refractivity (Wildman–Crippen MR) is 85.5 cm³/mol. The summed E-state index contributed by atoms with van der Waals surface area (Å²) in [5, 5.41) is 19.8. The molecule has 0 aliphatic carbocycles. The van der Waals surface area contributed by atoms with E-state index in [1.807, 2.05) is 6.92 Å². The van der Waals surface area contributed by atoms with E-state index in [1.165, 1.54) is 10.4 Å². The molecule has 128 valence electrons. The fourth-order valence-corrected chi connectivity index (χ4v) is 4.99. The molecular formula is C16H23NO5S. The third kappa shape index (κ3) is 3.13. The Hall–Kier alpha value is -1.44. The van der Waals surface area contributed by atoms with Crippen LogP contribution in [0.1, 0.15) is 31.7 Å². The molecule has 1 aliphatic heterocycles. The predicted octanol–water partition coefficient (Wildman–Crippen LogP) is 1.62. The lowest BCUT2D eigenvalue weighted by atomic mass is 9.74. The summed E-state index contributed by atoms with van der Waals surface area (Å²) in [6, 6.07) is 6.64. The first-order chi connectivity index (χ1) is 10.8. The Morgan fingerprint density at radius 2 is 2.04 bits per heavy atom.